The van der Waals surface area contributed by atoms with Gasteiger partial charge in [-0.15, -0.1) is 0 Å². The summed E-state index contributed by atoms with van der Waals surface area (Å²) in [5.74, 6) is 1.01. The molecular formula is C15H19N3. The van der Waals surface area contributed by atoms with Crippen molar-refractivity contribution in [2.45, 2.75) is 33.1 Å². The molecule has 0 radical (unpaired) electrons. The first-order valence-corrected chi connectivity index (χ1v) is 6.77. The van der Waals surface area contributed by atoms with Gasteiger partial charge in [0.1, 0.15) is 5.82 Å². The number of rotatable bonds is 3. The van der Waals surface area contributed by atoms with Crippen LogP contribution < -0.4 is 5.32 Å². The summed E-state index contributed by atoms with van der Waals surface area (Å²) >= 11 is 0. The number of aromatic amines is 1. The third kappa shape index (κ3) is 1.70. The van der Waals surface area contributed by atoms with E-state index in [2.05, 4.69) is 42.3 Å². The molecule has 1 aromatic heterocycles. The molecule has 2 N–H and O–H groups in total. The van der Waals surface area contributed by atoms with Gasteiger partial charge in [0.2, 0.25) is 0 Å². The van der Waals surface area contributed by atoms with Crippen LogP contribution in [0.15, 0.2) is 18.2 Å². The van der Waals surface area contributed by atoms with Crippen LogP contribution in [0.2, 0.25) is 0 Å². The van der Waals surface area contributed by atoms with Crippen molar-refractivity contribution in [2.75, 3.05) is 11.9 Å². The van der Waals surface area contributed by atoms with Gasteiger partial charge in [0.05, 0.1) is 5.69 Å². The van der Waals surface area contributed by atoms with Crippen LogP contribution >= 0.6 is 0 Å². The van der Waals surface area contributed by atoms with E-state index in [0.29, 0.717) is 0 Å². The molecule has 0 spiro atoms. The summed E-state index contributed by atoms with van der Waals surface area (Å²) in [6, 6.07) is 6.47. The number of fused-ring (bicyclic) bond motifs is 1. The lowest BCUT2D eigenvalue weighted by atomic mass is 10.1. The Morgan fingerprint density at radius 2 is 2.11 bits per heavy atom. The van der Waals surface area contributed by atoms with E-state index in [0.717, 1.165) is 31.6 Å². The number of aryl methyl sites for hydroxylation is 2. The molecule has 0 saturated carbocycles. The molecule has 94 valence electrons. The van der Waals surface area contributed by atoms with E-state index in [4.69, 9.17) is 4.98 Å². The van der Waals surface area contributed by atoms with Gasteiger partial charge in [0.25, 0.3) is 0 Å². The lowest BCUT2D eigenvalue weighted by molar-refractivity contribution is 0.979. The average Bonchev–Trinajstić information content (AvgIpc) is 3.04. The number of nitrogens with one attached hydrogen (secondary N) is 2. The van der Waals surface area contributed by atoms with E-state index in [-0.39, 0.29) is 0 Å². The lowest BCUT2D eigenvalue weighted by Gasteiger charge is -2.05. The van der Waals surface area contributed by atoms with Crippen molar-refractivity contribution in [3.63, 3.8) is 0 Å². The summed E-state index contributed by atoms with van der Waals surface area (Å²) in [6.45, 7) is 5.37. The SMILES string of the molecule is CCc1nc(-c2cccc3c2NCC3)[nH]c1CC. The molecule has 3 heteroatoms. The molecule has 0 saturated heterocycles. The molecule has 3 rings (SSSR count). The molecule has 0 unspecified atom stereocenters. The minimum absolute atomic E-state index is 0.988. The summed E-state index contributed by atoms with van der Waals surface area (Å²) in [5.41, 5.74) is 6.34. The standard InChI is InChI=1S/C15H19N3/c1-3-12-13(4-2)18-15(17-12)11-7-5-6-10-8-9-16-14(10)11/h5-7,16H,3-4,8-9H2,1-2H3,(H,17,18). The van der Waals surface area contributed by atoms with Crippen LogP contribution in [0, 0.1) is 0 Å². The topological polar surface area (TPSA) is 40.7 Å². The van der Waals surface area contributed by atoms with Crippen molar-refractivity contribution >= 4 is 5.69 Å². The molecule has 0 bridgehead atoms. The van der Waals surface area contributed by atoms with Gasteiger partial charge >= 0.3 is 0 Å². The zero-order chi connectivity index (χ0) is 12.5. The number of hydrogen-bond donors (Lipinski definition) is 2. The van der Waals surface area contributed by atoms with Crippen molar-refractivity contribution in [1.29, 1.82) is 0 Å². The highest BCUT2D eigenvalue weighted by molar-refractivity contribution is 5.78. The molecule has 1 aliphatic heterocycles. The van der Waals surface area contributed by atoms with E-state index < -0.39 is 0 Å². The molecule has 0 atom stereocenters. The van der Waals surface area contributed by atoms with Gasteiger partial charge in [-0.05, 0) is 30.9 Å². The van der Waals surface area contributed by atoms with Crippen molar-refractivity contribution in [3.05, 3.63) is 35.2 Å². The zero-order valence-electron chi connectivity index (χ0n) is 11.0. The van der Waals surface area contributed by atoms with Gasteiger partial charge in [-0.3, -0.25) is 0 Å². The van der Waals surface area contributed by atoms with E-state index >= 15 is 0 Å². The fraction of sp³-hybridized carbons (Fsp3) is 0.400. The van der Waals surface area contributed by atoms with E-state index in [1.807, 2.05) is 0 Å². The van der Waals surface area contributed by atoms with Crippen LogP contribution in [0.3, 0.4) is 0 Å². The molecule has 0 fully saturated rings. The molecule has 0 amide bonds. The van der Waals surface area contributed by atoms with Crippen LogP contribution in [0.4, 0.5) is 5.69 Å². The Morgan fingerprint density at radius 3 is 2.83 bits per heavy atom. The minimum Gasteiger partial charge on any atom is -0.384 e. The molecule has 18 heavy (non-hydrogen) atoms. The van der Waals surface area contributed by atoms with Gasteiger partial charge < -0.3 is 10.3 Å². The first-order valence-electron chi connectivity index (χ1n) is 6.77. The van der Waals surface area contributed by atoms with E-state index in [9.17, 15) is 0 Å². The average molecular weight is 241 g/mol. The molecule has 1 aliphatic rings. The van der Waals surface area contributed by atoms with E-state index in [1.54, 1.807) is 0 Å². The quantitative estimate of drug-likeness (QED) is 0.866. The maximum absolute atomic E-state index is 4.75. The number of hydrogen-bond acceptors (Lipinski definition) is 2. The Morgan fingerprint density at radius 1 is 1.22 bits per heavy atom. The second-order valence-electron chi connectivity index (χ2n) is 4.73. The lowest BCUT2D eigenvalue weighted by Crippen LogP contribution is -1.94. The van der Waals surface area contributed by atoms with Crippen LogP contribution in [0.1, 0.15) is 30.8 Å². The zero-order valence-corrected chi connectivity index (χ0v) is 11.0. The Balaban J connectivity index is 2.10. The molecule has 2 heterocycles. The number of imidazole rings is 1. The van der Waals surface area contributed by atoms with Crippen LogP contribution in [0.25, 0.3) is 11.4 Å². The number of nitrogens with zero attached hydrogens (tertiary/aromatic N) is 1. The highest BCUT2D eigenvalue weighted by Crippen LogP contribution is 2.33. The predicted octanol–water partition coefficient (Wildman–Crippen LogP) is 3.17. The first kappa shape index (κ1) is 11.3. The summed E-state index contributed by atoms with van der Waals surface area (Å²) in [7, 11) is 0. The molecule has 1 aromatic carbocycles. The Hall–Kier alpha value is -1.77. The number of aromatic nitrogens is 2. The maximum atomic E-state index is 4.75. The largest absolute Gasteiger partial charge is 0.384 e. The van der Waals surface area contributed by atoms with Crippen LogP contribution in [-0.2, 0) is 19.3 Å². The van der Waals surface area contributed by atoms with Crippen molar-refractivity contribution in [1.82, 2.24) is 9.97 Å². The predicted molar refractivity (Wildman–Crippen MR) is 75.0 cm³/mol. The fourth-order valence-electron chi connectivity index (χ4n) is 2.69. The fourth-order valence-corrected chi connectivity index (χ4v) is 2.69. The van der Waals surface area contributed by atoms with Gasteiger partial charge in [0, 0.05) is 23.5 Å². The number of anilines is 1. The van der Waals surface area contributed by atoms with Crippen LogP contribution in [-0.4, -0.2) is 16.5 Å². The first-order chi connectivity index (χ1) is 8.83. The molecule has 0 aliphatic carbocycles. The minimum atomic E-state index is 0.988. The normalized spacial score (nSPS) is 13.4. The third-order valence-corrected chi connectivity index (χ3v) is 3.65. The highest BCUT2D eigenvalue weighted by Gasteiger charge is 2.17. The number of H-pyrrole nitrogens is 1. The maximum Gasteiger partial charge on any atom is 0.139 e. The Kier molecular flexibility index (Phi) is 2.82. The van der Waals surface area contributed by atoms with E-state index in [1.165, 1.54) is 28.2 Å². The Bertz CT molecular complexity index is 548. The second-order valence-corrected chi connectivity index (χ2v) is 4.73. The molecule has 2 aromatic rings. The van der Waals surface area contributed by atoms with Gasteiger partial charge in [-0.2, -0.15) is 0 Å². The van der Waals surface area contributed by atoms with Crippen molar-refractivity contribution < 1.29 is 0 Å². The summed E-state index contributed by atoms with van der Waals surface area (Å²) in [4.78, 5) is 8.23. The summed E-state index contributed by atoms with van der Waals surface area (Å²) < 4.78 is 0. The Labute approximate surface area is 108 Å². The highest BCUT2D eigenvalue weighted by atomic mass is 15.0. The summed E-state index contributed by atoms with van der Waals surface area (Å²) in [6.07, 6.45) is 3.12. The monoisotopic (exact) mass is 241 g/mol. The van der Waals surface area contributed by atoms with Crippen molar-refractivity contribution in [3.8, 4) is 11.4 Å². The molecular weight excluding hydrogens is 222 g/mol. The summed E-state index contributed by atoms with van der Waals surface area (Å²) in [5, 5.41) is 3.47. The smallest absolute Gasteiger partial charge is 0.139 e. The van der Waals surface area contributed by atoms with Gasteiger partial charge in [0.15, 0.2) is 0 Å². The second kappa shape index (κ2) is 4.48. The number of para-hydroxylation sites is 1. The van der Waals surface area contributed by atoms with Crippen molar-refractivity contribution in [2.24, 2.45) is 0 Å². The van der Waals surface area contributed by atoms with Crippen LogP contribution in [0.5, 0.6) is 0 Å². The third-order valence-electron chi connectivity index (χ3n) is 3.65. The van der Waals surface area contributed by atoms with Gasteiger partial charge in [-0.1, -0.05) is 26.0 Å². The molecule has 3 nitrogen and oxygen atoms in total. The number of benzene rings is 1. The van der Waals surface area contributed by atoms with Gasteiger partial charge in [-0.25, -0.2) is 4.98 Å².